The number of benzene rings is 1. The largest absolute Gasteiger partial charge is 0.396 e. The van der Waals surface area contributed by atoms with E-state index in [1.807, 2.05) is 12.5 Å². The summed E-state index contributed by atoms with van der Waals surface area (Å²) < 4.78 is 1.29. The minimum atomic E-state index is -1.49. The van der Waals surface area contributed by atoms with Crippen molar-refractivity contribution in [2.24, 2.45) is 0 Å². The van der Waals surface area contributed by atoms with Gasteiger partial charge < -0.3 is 5.11 Å². The van der Waals surface area contributed by atoms with Gasteiger partial charge >= 0.3 is 0 Å². The molecule has 1 heterocycles. The summed E-state index contributed by atoms with van der Waals surface area (Å²) in [6, 6.07) is 10.5. The Labute approximate surface area is 102 Å². The van der Waals surface area contributed by atoms with Crippen LogP contribution in [0.15, 0.2) is 30.3 Å². The molecule has 2 rings (SSSR count). The summed E-state index contributed by atoms with van der Waals surface area (Å²) in [5.41, 5.74) is -0.263. The minimum absolute atomic E-state index is 0.263. The van der Waals surface area contributed by atoms with E-state index in [9.17, 15) is 5.11 Å². The Kier molecular flexibility index (Phi) is 3.19. The van der Waals surface area contributed by atoms with Gasteiger partial charge in [-0.25, -0.2) is 0 Å². The van der Waals surface area contributed by atoms with Crippen LogP contribution in [0, 0.1) is 6.42 Å². The third-order valence-electron chi connectivity index (χ3n) is 2.65. The van der Waals surface area contributed by atoms with Crippen LogP contribution in [0.5, 0.6) is 0 Å². The van der Waals surface area contributed by atoms with E-state index in [0.717, 1.165) is 0 Å². The number of aliphatic hydroxyl groups is 1. The summed E-state index contributed by atoms with van der Waals surface area (Å²) in [6.07, 6.45) is 2.01. The monoisotopic (exact) mass is 249 g/mol. The maximum Gasteiger partial charge on any atom is 0.0790 e. The number of hydrogen-bond donors (Lipinski definition) is 1. The second-order valence-electron chi connectivity index (χ2n) is 5.16. The van der Waals surface area contributed by atoms with Gasteiger partial charge in [-0.15, -0.1) is 11.3 Å². The van der Waals surface area contributed by atoms with Gasteiger partial charge in [0.2, 0.25) is 0 Å². The predicted octanol–water partition coefficient (Wildman–Crippen LogP) is 3.69. The zero-order valence-electron chi connectivity index (χ0n) is 9.90. The Morgan fingerprint density at radius 1 is 1.25 bits per heavy atom. The van der Waals surface area contributed by atoms with Gasteiger partial charge in [0.05, 0.1) is 13.8 Å². The van der Waals surface area contributed by atoms with Gasteiger partial charge in [-0.1, -0.05) is 37.8 Å². The standard InChI is InChI=1S/C13H17OSSi/c1-16(2,3)13(14)9-11-8-10-6-4-5-7-12(10)15-11/h4-9,13-14H,1-3H3. The molecule has 1 aromatic heterocycles. The molecule has 1 radical (unpaired) electrons. The van der Waals surface area contributed by atoms with Crippen molar-refractivity contribution < 1.29 is 5.11 Å². The van der Waals surface area contributed by atoms with Gasteiger partial charge in [0.25, 0.3) is 0 Å². The molecular weight excluding hydrogens is 232 g/mol. The van der Waals surface area contributed by atoms with Gasteiger partial charge in [0.1, 0.15) is 0 Å². The molecule has 0 saturated heterocycles. The predicted molar refractivity (Wildman–Crippen MR) is 74.6 cm³/mol. The Morgan fingerprint density at radius 2 is 1.94 bits per heavy atom. The lowest BCUT2D eigenvalue weighted by Crippen LogP contribution is -2.38. The van der Waals surface area contributed by atoms with Crippen molar-refractivity contribution in [3.05, 3.63) is 41.6 Å². The lowest BCUT2D eigenvalue weighted by molar-refractivity contribution is 0.279. The van der Waals surface area contributed by atoms with Gasteiger partial charge in [-0.3, -0.25) is 0 Å². The highest BCUT2D eigenvalue weighted by Gasteiger charge is 2.25. The van der Waals surface area contributed by atoms with Crippen LogP contribution in [0.3, 0.4) is 0 Å². The molecule has 1 nitrogen and oxygen atoms in total. The summed E-state index contributed by atoms with van der Waals surface area (Å²) in [4.78, 5) is 1.18. The second-order valence-corrected chi connectivity index (χ2v) is 11.6. The third kappa shape index (κ3) is 2.54. The number of rotatable bonds is 3. The van der Waals surface area contributed by atoms with E-state index in [1.165, 1.54) is 15.0 Å². The van der Waals surface area contributed by atoms with Gasteiger partial charge in [0.15, 0.2) is 0 Å². The molecule has 1 atom stereocenters. The molecule has 0 aliphatic heterocycles. The highest BCUT2D eigenvalue weighted by atomic mass is 32.1. The molecule has 0 bridgehead atoms. The first-order valence-corrected chi connectivity index (χ1v) is 9.88. The maximum absolute atomic E-state index is 10.1. The van der Waals surface area contributed by atoms with Crippen molar-refractivity contribution >= 4 is 29.5 Å². The zero-order valence-corrected chi connectivity index (χ0v) is 11.7. The first-order valence-electron chi connectivity index (χ1n) is 5.48. The van der Waals surface area contributed by atoms with Crippen molar-refractivity contribution in [1.29, 1.82) is 0 Å². The Morgan fingerprint density at radius 3 is 2.56 bits per heavy atom. The SMILES string of the molecule is C[Si](C)(C)C(O)[CH]c1cc2ccccc2s1. The van der Waals surface area contributed by atoms with Crippen LogP contribution >= 0.6 is 11.3 Å². The molecule has 0 amide bonds. The molecule has 0 fully saturated rings. The fourth-order valence-electron chi connectivity index (χ4n) is 1.49. The molecule has 0 aliphatic rings. The summed E-state index contributed by atoms with van der Waals surface area (Å²) in [6.45, 7) is 6.55. The van der Waals surface area contributed by atoms with Crippen molar-refractivity contribution in [1.82, 2.24) is 0 Å². The van der Waals surface area contributed by atoms with E-state index in [2.05, 4.69) is 43.9 Å². The Balaban J connectivity index is 2.22. The summed E-state index contributed by atoms with van der Waals surface area (Å²) >= 11 is 1.75. The molecule has 16 heavy (non-hydrogen) atoms. The minimum Gasteiger partial charge on any atom is -0.396 e. The smallest absolute Gasteiger partial charge is 0.0790 e. The van der Waals surface area contributed by atoms with Crippen molar-refractivity contribution in [3.8, 4) is 0 Å². The number of thiophene rings is 1. The van der Waals surface area contributed by atoms with Gasteiger partial charge in [-0.2, -0.15) is 0 Å². The lowest BCUT2D eigenvalue weighted by Gasteiger charge is -2.22. The average molecular weight is 249 g/mol. The van der Waals surface area contributed by atoms with E-state index < -0.39 is 8.07 Å². The van der Waals surface area contributed by atoms with Crippen molar-refractivity contribution in [2.45, 2.75) is 25.4 Å². The van der Waals surface area contributed by atoms with E-state index >= 15 is 0 Å². The Hall–Kier alpha value is -0.643. The zero-order chi connectivity index (χ0) is 11.8. The van der Waals surface area contributed by atoms with Gasteiger partial charge in [-0.05, 0) is 17.5 Å². The highest BCUT2D eigenvalue weighted by Crippen LogP contribution is 2.28. The molecule has 0 saturated carbocycles. The molecule has 3 heteroatoms. The lowest BCUT2D eigenvalue weighted by atomic mass is 10.2. The van der Waals surface area contributed by atoms with Crippen LogP contribution in [-0.4, -0.2) is 18.9 Å². The van der Waals surface area contributed by atoms with Crippen LogP contribution in [-0.2, 0) is 0 Å². The first kappa shape index (κ1) is 11.8. The molecule has 1 N–H and O–H groups in total. The molecule has 85 valence electrons. The normalized spacial score (nSPS) is 14.2. The molecule has 0 aliphatic carbocycles. The molecular formula is C13H17OSSi. The Bertz CT molecular complexity index is 451. The number of fused-ring (bicyclic) bond motifs is 1. The van der Waals surface area contributed by atoms with E-state index in [-0.39, 0.29) is 5.73 Å². The van der Waals surface area contributed by atoms with E-state index in [0.29, 0.717) is 0 Å². The number of aliphatic hydroxyl groups excluding tert-OH is 1. The van der Waals surface area contributed by atoms with Crippen molar-refractivity contribution in [2.75, 3.05) is 0 Å². The third-order valence-corrected chi connectivity index (χ3v) is 5.68. The van der Waals surface area contributed by atoms with Crippen LogP contribution in [0.4, 0.5) is 0 Å². The van der Waals surface area contributed by atoms with Crippen LogP contribution < -0.4 is 0 Å². The molecule has 1 unspecified atom stereocenters. The van der Waals surface area contributed by atoms with E-state index in [1.54, 1.807) is 11.3 Å². The van der Waals surface area contributed by atoms with Crippen LogP contribution in [0.1, 0.15) is 4.88 Å². The highest BCUT2D eigenvalue weighted by molar-refractivity contribution is 7.19. The molecule has 1 aromatic carbocycles. The fourth-order valence-corrected chi connectivity index (χ4v) is 3.32. The van der Waals surface area contributed by atoms with Crippen LogP contribution in [0.25, 0.3) is 10.1 Å². The quantitative estimate of drug-likeness (QED) is 0.823. The molecule has 0 spiro atoms. The summed E-state index contributed by atoms with van der Waals surface area (Å²) in [5, 5.41) is 11.3. The second kappa shape index (κ2) is 4.32. The fraction of sp³-hybridized carbons (Fsp3) is 0.308. The topological polar surface area (TPSA) is 20.2 Å². The molecule has 2 aromatic rings. The summed E-state index contributed by atoms with van der Waals surface area (Å²) in [7, 11) is -1.49. The maximum atomic E-state index is 10.1. The van der Waals surface area contributed by atoms with Gasteiger partial charge in [0, 0.05) is 16.0 Å². The average Bonchev–Trinajstić information content (AvgIpc) is 2.58. The van der Waals surface area contributed by atoms with Crippen molar-refractivity contribution in [3.63, 3.8) is 0 Å². The summed E-state index contributed by atoms with van der Waals surface area (Å²) in [5.74, 6) is 0. The van der Waals surface area contributed by atoms with E-state index in [4.69, 9.17) is 0 Å². The number of hydrogen-bond acceptors (Lipinski definition) is 2. The first-order chi connectivity index (χ1) is 7.47. The van der Waals surface area contributed by atoms with Crippen LogP contribution in [0.2, 0.25) is 19.6 Å².